The summed E-state index contributed by atoms with van der Waals surface area (Å²) in [5, 5.41) is 3.74. The summed E-state index contributed by atoms with van der Waals surface area (Å²) in [5.74, 6) is 1.92. The van der Waals surface area contributed by atoms with Crippen molar-refractivity contribution in [1.29, 1.82) is 0 Å². The first kappa shape index (κ1) is 14.0. The molecule has 1 rings (SSSR count). The SMILES string of the molecule is CCCNC1CCCCC(C(C)CCC)C1. The van der Waals surface area contributed by atoms with Gasteiger partial charge in [0.15, 0.2) is 0 Å². The Hall–Kier alpha value is -0.0400. The van der Waals surface area contributed by atoms with E-state index in [0.717, 1.165) is 17.9 Å². The third kappa shape index (κ3) is 4.86. The first-order valence-corrected chi connectivity index (χ1v) is 7.51. The first-order chi connectivity index (χ1) is 7.77. The van der Waals surface area contributed by atoms with Crippen molar-refractivity contribution >= 4 is 0 Å². The predicted molar refractivity (Wildman–Crippen MR) is 72.7 cm³/mol. The van der Waals surface area contributed by atoms with Crippen molar-refractivity contribution in [3.8, 4) is 0 Å². The second-order valence-electron chi connectivity index (χ2n) is 5.70. The molecule has 1 heteroatoms. The molecule has 1 aliphatic carbocycles. The van der Waals surface area contributed by atoms with Crippen LogP contribution in [-0.2, 0) is 0 Å². The Morgan fingerprint density at radius 1 is 1.12 bits per heavy atom. The zero-order chi connectivity index (χ0) is 11.8. The Balaban J connectivity index is 2.38. The summed E-state index contributed by atoms with van der Waals surface area (Å²) < 4.78 is 0. The maximum Gasteiger partial charge on any atom is 0.00697 e. The van der Waals surface area contributed by atoms with Crippen LogP contribution in [0.2, 0.25) is 0 Å². The lowest BCUT2D eigenvalue weighted by atomic mass is 9.84. The molecule has 0 heterocycles. The largest absolute Gasteiger partial charge is 0.314 e. The van der Waals surface area contributed by atoms with Gasteiger partial charge in [0.05, 0.1) is 0 Å². The summed E-state index contributed by atoms with van der Waals surface area (Å²) in [6, 6.07) is 0.812. The summed E-state index contributed by atoms with van der Waals surface area (Å²) in [4.78, 5) is 0. The maximum absolute atomic E-state index is 3.74. The van der Waals surface area contributed by atoms with Gasteiger partial charge in [0.25, 0.3) is 0 Å². The van der Waals surface area contributed by atoms with Crippen LogP contribution in [0.4, 0.5) is 0 Å². The molecule has 16 heavy (non-hydrogen) atoms. The molecule has 1 nitrogen and oxygen atoms in total. The van der Waals surface area contributed by atoms with Gasteiger partial charge in [-0.1, -0.05) is 52.9 Å². The van der Waals surface area contributed by atoms with E-state index in [1.807, 2.05) is 0 Å². The maximum atomic E-state index is 3.74. The molecule has 0 aliphatic heterocycles. The molecule has 96 valence electrons. The fraction of sp³-hybridized carbons (Fsp3) is 1.00. The standard InChI is InChI=1S/C15H31N/c1-4-8-13(3)14-9-6-7-10-15(12-14)16-11-5-2/h13-16H,4-12H2,1-3H3. The molecular formula is C15H31N. The minimum Gasteiger partial charge on any atom is -0.314 e. The van der Waals surface area contributed by atoms with Gasteiger partial charge in [0.2, 0.25) is 0 Å². The van der Waals surface area contributed by atoms with Gasteiger partial charge in [-0.3, -0.25) is 0 Å². The van der Waals surface area contributed by atoms with E-state index in [1.54, 1.807) is 0 Å². The minimum absolute atomic E-state index is 0.812. The van der Waals surface area contributed by atoms with Gasteiger partial charge < -0.3 is 5.32 Å². The third-order valence-electron chi connectivity index (χ3n) is 4.20. The highest BCUT2D eigenvalue weighted by atomic mass is 14.9. The first-order valence-electron chi connectivity index (χ1n) is 7.51. The Labute approximate surface area is 102 Å². The highest BCUT2D eigenvalue weighted by Gasteiger charge is 2.23. The number of nitrogens with one attached hydrogen (secondary N) is 1. The third-order valence-corrected chi connectivity index (χ3v) is 4.20. The topological polar surface area (TPSA) is 12.0 Å². The number of hydrogen-bond donors (Lipinski definition) is 1. The highest BCUT2D eigenvalue weighted by molar-refractivity contribution is 4.78. The van der Waals surface area contributed by atoms with Crippen molar-refractivity contribution in [3.63, 3.8) is 0 Å². The smallest absolute Gasteiger partial charge is 0.00697 e. The summed E-state index contributed by atoms with van der Waals surface area (Å²) in [6.07, 6.45) is 11.3. The van der Waals surface area contributed by atoms with E-state index in [0.29, 0.717) is 0 Å². The van der Waals surface area contributed by atoms with Gasteiger partial charge >= 0.3 is 0 Å². The zero-order valence-corrected chi connectivity index (χ0v) is 11.6. The molecule has 1 N–H and O–H groups in total. The van der Waals surface area contributed by atoms with Crippen molar-refractivity contribution in [3.05, 3.63) is 0 Å². The van der Waals surface area contributed by atoms with Crippen LogP contribution in [0.3, 0.4) is 0 Å². The molecule has 1 saturated carbocycles. The molecule has 0 amide bonds. The summed E-state index contributed by atoms with van der Waals surface area (Å²) >= 11 is 0. The van der Waals surface area contributed by atoms with Crippen molar-refractivity contribution in [2.75, 3.05) is 6.54 Å². The van der Waals surface area contributed by atoms with Crippen LogP contribution in [0.5, 0.6) is 0 Å². The Kier molecular flexibility index (Phi) is 7.11. The summed E-state index contributed by atoms with van der Waals surface area (Å²) in [5.41, 5.74) is 0. The summed E-state index contributed by atoms with van der Waals surface area (Å²) in [7, 11) is 0. The van der Waals surface area contributed by atoms with Crippen molar-refractivity contribution < 1.29 is 0 Å². The van der Waals surface area contributed by atoms with Crippen LogP contribution in [0.15, 0.2) is 0 Å². The number of hydrogen-bond acceptors (Lipinski definition) is 1. The lowest BCUT2D eigenvalue weighted by Crippen LogP contribution is -2.32. The highest BCUT2D eigenvalue weighted by Crippen LogP contribution is 2.31. The van der Waals surface area contributed by atoms with E-state index >= 15 is 0 Å². The van der Waals surface area contributed by atoms with Gasteiger partial charge in [-0.15, -0.1) is 0 Å². The van der Waals surface area contributed by atoms with Crippen LogP contribution in [-0.4, -0.2) is 12.6 Å². The van der Waals surface area contributed by atoms with Crippen molar-refractivity contribution in [2.45, 2.75) is 78.2 Å². The fourth-order valence-corrected chi connectivity index (χ4v) is 3.14. The van der Waals surface area contributed by atoms with Crippen LogP contribution >= 0.6 is 0 Å². The van der Waals surface area contributed by atoms with E-state index in [2.05, 4.69) is 26.1 Å². The molecule has 1 aliphatic rings. The predicted octanol–water partition coefficient (Wildman–Crippen LogP) is 4.37. The van der Waals surface area contributed by atoms with Crippen LogP contribution in [0.25, 0.3) is 0 Å². The average Bonchev–Trinajstić information content (AvgIpc) is 2.52. The van der Waals surface area contributed by atoms with Crippen LogP contribution in [0.1, 0.15) is 72.1 Å². The average molecular weight is 225 g/mol. The second kappa shape index (κ2) is 8.11. The number of rotatable bonds is 6. The molecule has 0 aromatic carbocycles. The second-order valence-corrected chi connectivity index (χ2v) is 5.70. The van der Waals surface area contributed by atoms with E-state index in [1.165, 1.54) is 57.9 Å². The van der Waals surface area contributed by atoms with Gasteiger partial charge in [-0.2, -0.15) is 0 Å². The van der Waals surface area contributed by atoms with Gasteiger partial charge in [0.1, 0.15) is 0 Å². The molecule has 3 atom stereocenters. The Bertz CT molecular complexity index is 167. The summed E-state index contributed by atoms with van der Waals surface area (Å²) in [6.45, 7) is 8.26. The molecule has 3 unspecified atom stereocenters. The lowest BCUT2D eigenvalue weighted by molar-refractivity contribution is 0.277. The van der Waals surface area contributed by atoms with E-state index in [-0.39, 0.29) is 0 Å². The van der Waals surface area contributed by atoms with Crippen LogP contribution in [0, 0.1) is 11.8 Å². The molecular weight excluding hydrogens is 194 g/mol. The van der Waals surface area contributed by atoms with Gasteiger partial charge in [-0.25, -0.2) is 0 Å². The van der Waals surface area contributed by atoms with E-state index in [4.69, 9.17) is 0 Å². The molecule has 1 fully saturated rings. The fourth-order valence-electron chi connectivity index (χ4n) is 3.14. The molecule has 0 aromatic rings. The van der Waals surface area contributed by atoms with E-state index in [9.17, 15) is 0 Å². The molecule has 0 bridgehead atoms. The van der Waals surface area contributed by atoms with Gasteiger partial charge in [0, 0.05) is 6.04 Å². The van der Waals surface area contributed by atoms with Crippen LogP contribution < -0.4 is 5.32 Å². The zero-order valence-electron chi connectivity index (χ0n) is 11.6. The molecule has 0 radical (unpaired) electrons. The van der Waals surface area contributed by atoms with Crippen molar-refractivity contribution in [1.82, 2.24) is 5.32 Å². The van der Waals surface area contributed by atoms with Crippen molar-refractivity contribution in [2.24, 2.45) is 11.8 Å². The molecule has 0 saturated heterocycles. The van der Waals surface area contributed by atoms with Gasteiger partial charge in [-0.05, 0) is 37.6 Å². The Morgan fingerprint density at radius 3 is 2.56 bits per heavy atom. The lowest BCUT2D eigenvalue weighted by Gasteiger charge is -2.26. The minimum atomic E-state index is 0.812. The molecule has 0 spiro atoms. The normalized spacial score (nSPS) is 28.7. The molecule has 0 aromatic heterocycles. The van der Waals surface area contributed by atoms with E-state index < -0.39 is 0 Å². The monoisotopic (exact) mass is 225 g/mol. The Morgan fingerprint density at radius 2 is 1.88 bits per heavy atom. The quantitative estimate of drug-likeness (QED) is 0.662.